The van der Waals surface area contributed by atoms with E-state index in [0.717, 1.165) is 19.3 Å². The van der Waals surface area contributed by atoms with Crippen molar-refractivity contribution in [2.45, 2.75) is 57.8 Å². The molecule has 1 N–H and O–H groups in total. The van der Waals surface area contributed by atoms with Crippen LogP contribution in [0.5, 0.6) is 0 Å². The second-order valence-electron chi connectivity index (χ2n) is 6.04. The van der Waals surface area contributed by atoms with Gasteiger partial charge >= 0.3 is 12.1 Å². The van der Waals surface area contributed by atoms with Crippen LogP contribution in [0.1, 0.15) is 56.3 Å². The Hall–Kier alpha value is -2.37. The molecule has 1 aliphatic carbocycles. The molecule has 1 atom stereocenters. The van der Waals surface area contributed by atoms with Crippen LogP contribution in [0.2, 0.25) is 0 Å². The second-order valence-corrected chi connectivity index (χ2v) is 6.04. The maximum atomic E-state index is 12.9. The molecule has 1 fully saturated rings. The van der Waals surface area contributed by atoms with Crippen LogP contribution in [0.4, 0.5) is 4.79 Å². The van der Waals surface area contributed by atoms with E-state index in [9.17, 15) is 14.4 Å². The lowest BCUT2D eigenvalue weighted by Gasteiger charge is -2.35. The van der Waals surface area contributed by atoms with Gasteiger partial charge in [-0.25, -0.2) is 4.79 Å². The van der Waals surface area contributed by atoms with E-state index < -0.39 is 23.9 Å². The number of ether oxygens (including phenoxy) is 2. The zero-order chi connectivity index (χ0) is 17.6. The molecule has 1 unspecified atom stereocenters. The van der Waals surface area contributed by atoms with Crippen LogP contribution in [0.3, 0.4) is 0 Å². The van der Waals surface area contributed by atoms with E-state index in [1.54, 1.807) is 24.3 Å². The van der Waals surface area contributed by atoms with Crippen LogP contribution in [-0.2, 0) is 14.3 Å². The molecule has 0 aromatic heterocycles. The number of Topliss-reactive ketones (excluding diaryl/α,β-unsaturated/α-hetero) is 1. The third kappa shape index (κ3) is 4.57. The first-order chi connectivity index (χ1) is 11.4. The van der Waals surface area contributed by atoms with Crippen LogP contribution in [-0.4, -0.2) is 29.7 Å². The van der Waals surface area contributed by atoms with E-state index in [4.69, 9.17) is 9.47 Å². The molecule has 6 nitrogen and oxygen atoms in total. The van der Waals surface area contributed by atoms with E-state index in [1.165, 1.54) is 13.8 Å². The van der Waals surface area contributed by atoms with Gasteiger partial charge in [0, 0.05) is 12.5 Å². The van der Waals surface area contributed by atoms with Crippen molar-refractivity contribution in [2.24, 2.45) is 0 Å². The van der Waals surface area contributed by atoms with Gasteiger partial charge in [-0.05, 0) is 32.6 Å². The number of esters is 1. The average Bonchev–Trinajstić information content (AvgIpc) is 2.54. The zero-order valence-electron chi connectivity index (χ0n) is 14.0. The number of ketones is 1. The third-order valence-corrected chi connectivity index (χ3v) is 4.06. The minimum absolute atomic E-state index is 0.182. The highest BCUT2D eigenvalue weighted by Crippen LogP contribution is 2.35. The predicted octanol–water partition coefficient (Wildman–Crippen LogP) is 3.21. The smallest absolute Gasteiger partial charge is 0.410 e. The molecule has 0 heterocycles. The van der Waals surface area contributed by atoms with E-state index in [1.807, 2.05) is 6.07 Å². The normalized spacial score (nSPS) is 17.4. The largest absolute Gasteiger partial charge is 0.442 e. The highest BCUT2D eigenvalue weighted by Gasteiger charge is 2.43. The molecule has 0 aliphatic heterocycles. The van der Waals surface area contributed by atoms with Crippen molar-refractivity contribution in [3.63, 3.8) is 0 Å². The quantitative estimate of drug-likeness (QED) is 0.508. The standard InChI is InChI=1S/C18H23NO5/c1-13(23-14(2)20)19-17(22)24-18(11-7-4-8-12-18)16(21)15-9-5-3-6-10-15/h3,5-6,9-10,13H,4,7-8,11-12H2,1-2H3,(H,19,22). The fourth-order valence-electron chi connectivity index (χ4n) is 3.00. The summed E-state index contributed by atoms with van der Waals surface area (Å²) in [6.07, 6.45) is 2.08. The van der Waals surface area contributed by atoms with Crippen LogP contribution in [0.15, 0.2) is 30.3 Å². The maximum absolute atomic E-state index is 12.9. The minimum atomic E-state index is -1.15. The van der Waals surface area contributed by atoms with E-state index in [-0.39, 0.29) is 5.78 Å². The summed E-state index contributed by atoms with van der Waals surface area (Å²) in [6.45, 7) is 2.78. The van der Waals surface area contributed by atoms with Gasteiger partial charge in [-0.15, -0.1) is 0 Å². The average molecular weight is 333 g/mol. The Labute approximate surface area is 141 Å². The number of nitrogens with one attached hydrogen (secondary N) is 1. The van der Waals surface area contributed by atoms with Crippen LogP contribution in [0.25, 0.3) is 0 Å². The Morgan fingerprint density at radius 3 is 2.29 bits per heavy atom. The SMILES string of the molecule is CC(=O)OC(C)NC(=O)OC1(C(=O)c2ccccc2)CCCCC1. The Morgan fingerprint density at radius 1 is 1.08 bits per heavy atom. The van der Waals surface area contributed by atoms with Crippen molar-refractivity contribution in [1.29, 1.82) is 0 Å². The van der Waals surface area contributed by atoms with Crippen molar-refractivity contribution in [2.75, 3.05) is 0 Å². The Balaban J connectivity index is 2.11. The summed E-state index contributed by atoms with van der Waals surface area (Å²) >= 11 is 0. The molecule has 24 heavy (non-hydrogen) atoms. The molecule has 1 aliphatic rings. The molecule has 1 aromatic carbocycles. The van der Waals surface area contributed by atoms with E-state index in [2.05, 4.69) is 5.32 Å². The predicted molar refractivity (Wildman–Crippen MR) is 87.4 cm³/mol. The summed E-state index contributed by atoms with van der Waals surface area (Å²) in [5.74, 6) is -0.686. The van der Waals surface area contributed by atoms with Gasteiger partial charge in [-0.3, -0.25) is 14.9 Å². The van der Waals surface area contributed by atoms with Crippen LogP contribution in [0, 0.1) is 0 Å². The van der Waals surface area contributed by atoms with Crippen molar-refractivity contribution in [3.8, 4) is 0 Å². The van der Waals surface area contributed by atoms with E-state index >= 15 is 0 Å². The fourth-order valence-corrected chi connectivity index (χ4v) is 3.00. The van der Waals surface area contributed by atoms with Gasteiger partial charge in [0.2, 0.25) is 5.78 Å². The highest BCUT2D eigenvalue weighted by molar-refractivity contribution is 6.03. The highest BCUT2D eigenvalue weighted by atomic mass is 16.6. The van der Waals surface area contributed by atoms with Gasteiger partial charge in [-0.1, -0.05) is 36.8 Å². The number of rotatable bonds is 5. The zero-order valence-corrected chi connectivity index (χ0v) is 14.0. The van der Waals surface area contributed by atoms with Gasteiger partial charge in [0.1, 0.15) is 0 Å². The first-order valence-electron chi connectivity index (χ1n) is 8.19. The molecular weight excluding hydrogens is 310 g/mol. The molecule has 0 bridgehead atoms. The topological polar surface area (TPSA) is 81.7 Å². The first kappa shape index (κ1) is 18.0. The monoisotopic (exact) mass is 333 g/mol. The Bertz CT molecular complexity index is 593. The molecule has 1 aromatic rings. The fraction of sp³-hybridized carbons (Fsp3) is 0.500. The van der Waals surface area contributed by atoms with E-state index in [0.29, 0.717) is 18.4 Å². The van der Waals surface area contributed by atoms with Gasteiger partial charge in [0.25, 0.3) is 0 Å². The van der Waals surface area contributed by atoms with Gasteiger partial charge in [0.05, 0.1) is 0 Å². The van der Waals surface area contributed by atoms with Gasteiger partial charge in [0.15, 0.2) is 11.8 Å². The van der Waals surface area contributed by atoms with Crippen molar-refractivity contribution in [1.82, 2.24) is 5.32 Å². The summed E-state index contributed by atoms with van der Waals surface area (Å²) in [5.41, 5.74) is -0.625. The number of alkyl carbamates (subject to hydrolysis) is 1. The molecular formula is C18H23NO5. The lowest BCUT2D eigenvalue weighted by Crippen LogP contribution is -2.49. The molecule has 0 spiro atoms. The molecule has 6 heteroatoms. The lowest BCUT2D eigenvalue weighted by atomic mass is 9.79. The summed E-state index contributed by atoms with van der Waals surface area (Å²) in [5, 5.41) is 2.43. The van der Waals surface area contributed by atoms with Crippen molar-refractivity contribution >= 4 is 17.8 Å². The summed E-state index contributed by atoms with van der Waals surface area (Å²) in [7, 11) is 0. The maximum Gasteiger partial charge on any atom is 0.410 e. The Kier molecular flexibility index (Phi) is 5.95. The number of carbonyl (C=O) groups is 3. The summed E-state index contributed by atoms with van der Waals surface area (Å²) in [4.78, 5) is 36.0. The van der Waals surface area contributed by atoms with Crippen molar-refractivity contribution < 1.29 is 23.9 Å². The Morgan fingerprint density at radius 2 is 1.71 bits per heavy atom. The van der Waals surface area contributed by atoms with Crippen LogP contribution < -0.4 is 5.32 Å². The lowest BCUT2D eigenvalue weighted by molar-refractivity contribution is -0.146. The number of carbonyl (C=O) groups excluding carboxylic acids is 3. The second kappa shape index (κ2) is 7.95. The summed E-state index contributed by atoms with van der Waals surface area (Å²) in [6, 6.07) is 8.85. The van der Waals surface area contributed by atoms with Gasteiger partial charge in [-0.2, -0.15) is 0 Å². The summed E-state index contributed by atoms with van der Waals surface area (Å²) < 4.78 is 10.4. The first-order valence-corrected chi connectivity index (χ1v) is 8.19. The molecule has 130 valence electrons. The molecule has 1 saturated carbocycles. The van der Waals surface area contributed by atoms with Crippen LogP contribution >= 0.6 is 0 Å². The molecule has 0 radical (unpaired) electrons. The molecule has 1 amide bonds. The number of benzene rings is 1. The number of amides is 1. The van der Waals surface area contributed by atoms with Crippen molar-refractivity contribution in [3.05, 3.63) is 35.9 Å². The minimum Gasteiger partial charge on any atom is -0.442 e. The van der Waals surface area contributed by atoms with Gasteiger partial charge < -0.3 is 9.47 Å². The number of hydrogen-bond acceptors (Lipinski definition) is 5. The molecule has 0 saturated heterocycles. The third-order valence-electron chi connectivity index (χ3n) is 4.06. The molecule has 2 rings (SSSR count). The number of hydrogen-bond donors (Lipinski definition) is 1.